The van der Waals surface area contributed by atoms with E-state index >= 15 is 0 Å². The van der Waals surface area contributed by atoms with E-state index in [4.69, 9.17) is 10.2 Å². The third-order valence-corrected chi connectivity index (χ3v) is 5.65. The average molecular weight is 487 g/mol. The van der Waals surface area contributed by atoms with Crippen molar-refractivity contribution >= 4 is 24.1 Å². The normalized spacial score (nSPS) is 11.4. The summed E-state index contributed by atoms with van der Waals surface area (Å²) in [5.74, 6) is 1.49. The first-order chi connectivity index (χ1) is 17.8. The molecule has 3 heterocycles. The number of nitrogens with zero attached hydrogens (tertiary/aromatic N) is 8. The lowest BCUT2D eigenvalue weighted by Gasteiger charge is -2.21. The van der Waals surface area contributed by atoms with Crippen molar-refractivity contribution < 1.29 is 0 Å². The molecule has 0 amide bonds. The number of hydrogen-bond acceptors (Lipinski definition) is 8. The summed E-state index contributed by atoms with van der Waals surface area (Å²) in [6, 6.07) is 13.6. The quantitative estimate of drug-likeness (QED) is 0.138. The zero-order valence-electron chi connectivity index (χ0n) is 21.6. The van der Waals surface area contributed by atoms with Gasteiger partial charge in [0.05, 0.1) is 23.8 Å². The molecule has 0 N–H and O–H groups in total. The maximum Gasteiger partial charge on any atom is 0.154 e. The minimum Gasteiger partial charge on any atom is -0.255 e. The Labute approximate surface area is 215 Å². The van der Waals surface area contributed by atoms with Gasteiger partial charge in [0.1, 0.15) is 6.33 Å². The van der Waals surface area contributed by atoms with E-state index in [2.05, 4.69) is 33.8 Å². The second-order valence-electron chi connectivity index (χ2n) is 8.60. The second kappa shape index (κ2) is 16.1. The lowest BCUT2D eigenvalue weighted by atomic mass is 10.2. The summed E-state index contributed by atoms with van der Waals surface area (Å²) in [6.07, 6.45) is 17.9. The van der Waals surface area contributed by atoms with Crippen molar-refractivity contribution in [3.05, 3.63) is 72.6 Å². The summed E-state index contributed by atoms with van der Waals surface area (Å²) in [6.45, 7) is 5.98. The van der Waals surface area contributed by atoms with Crippen molar-refractivity contribution in [2.45, 2.75) is 65.2 Å². The molecular weight excluding hydrogens is 448 g/mol. The molecule has 8 heteroatoms. The van der Waals surface area contributed by atoms with Crippen molar-refractivity contribution in [2.24, 2.45) is 10.2 Å². The molecule has 0 saturated carbocycles. The number of hydrazone groups is 2. The van der Waals surface area contributed by atoms with E-state index in [9.17, 15) is 0 Å². The van der Waals surface area contributed by atoms with Crippen molar-refractivity contribution in [1.82, 2.24) is 19.9 Å². The van der Waals surface area contributed by atoms with E-state index in [1.165, 1.54) is 25.7 Å². The van der Waals surface area contributed by atoms with Gasteiger partial charge in [0, 0.05) is 31.5 Å². The standard InChI is InChI=1S/C28H38N8/c1-3-5-7-13-19-35(33-22-25-15-9-11-17-29-25)27-21-28(32-24-31-27)36(20-14-8-6-4-2)34-23-26-16-10-12-18-30-26/h9-12,15-18,21-24H,3-8,13-14,19-20H2,1-2H3/b33-22+,34-23+. The van der Waals surface area contributed by atoms with E-state index in [-0.39, 0.29) is 0 Å². The number of unbranched alkanes of at least 4 members (excludes halogenated alkanes) is 6. The minimum absolute atomic E-state index is 0.746. The number of aromatic nitrogens is 4. The van der Waals surface area contributed by atoms with Crippen LogP contribution in [0.3, 0.4) is 0 Å². The summed E-state index contributed by atoms with van der Waals surface area (Å²) in [5.41, 5.74) is 1.62. The smallest absolute Gasteiger partial charge is 0.154 e. The molecule has 36 heavy (non-hydrogen) atoms. The largest absolute Gasteiger partial charge is 0.255 e. The molecule has 3 rings (SSSR count). The molecule has 0 aliphatic heterocycles. The van der Waals surface area contributed by atoms with Crippen LogP contribution in [0.4, 0.5) is 11.6 Å². The molecule has 0 bridgehead atoms. The summed E-state index contributed by atoms with van der Waals surface area (Å²) in [4.78, 5) is 17.8. The summed E-state index contributed by atoms with van der Waals surface area (Å²) >= 11 is 0. The predicted octanol–water partition coefficient (Wildman–Crippen LogP) is 6.11. The number of pyridine rings is 2. The minimum atomic E-state index is 0.746. The Bertz CT molecular complexity index is 959. The Morgan fingerprint density at radius 2 is 1.14 bits per heavy atom. The third kappa shape index (κ3) is 9.52. The fourth-order valence-corrected chi connectivity index (χ4v) is 3.62. The van der Waals surface area contributed by atoms with Crippen LogP contribution in [-0.2, 0) is 0 Å². The molecule has 3 aromatic heterocycles. The van der Waals surface area contributed by atoms with E-state index < -0.39 is 0 Å². The van der Waals surface area contributed by atoms with Crippen LogP contribution in [0, 0.1) is 0 Å². The summed E-state index contributed by atoms with van der Waals surface area (Å²) in [7, 11) is 0. The SMILES string of the molecule is CCCCCCN(/N=C/c1ccccn1)c1cc(N(CCCCCC)/N=C/c2ccccn2)ncn1. The molecule has 3 aromatic rings. The Kier molecular flexibility index (Phi) is 12.0. The topological polar surface area (TPSA) is 82.8 Å². The molecule has 0 atom stereocenters. The first-order valence-corrected chi connectivity index (χ1v) is 13.1. The number of rotatable bonds is 16. The fourth-order valence-electron chi connectivity index (χ4n) is 3.62. The van der Waals surface area contributed by atoms with Gasteiger partial charge < -0.3 is 0 Å². The van der Waals surface area contributed by atoms with Crippen LogP contribution in [0.5, 0.6) is 0 Å². The highest BCUT2D eigenvalue weighted by molar-refractivity contribution is 5.78. The first-order valence-electron chi connectivity index (χ1n) is 13.1. The molecule has 0 aliphatic rings. The van der Waals surface area contributed by atoms with Gasteiger partial charge in [-0.25, -0.2) is 20.0 Å². The van der Waals surface area contributed by atoms with Gasteiger partial charge in [-0.3, -0.25) is 9.97 Å². The van der Waals surface area contributed by atoms with Crippen LogP contribution in [0.1, 0.15) is 76.6 Å². The molecule has 0 aliphatic carbocycles. The van der Waals surface area contributed by atoms with Gasteiger partial charge in [-0.2, -0.15) is 10.2 Å². The van der Waals surface area contributed by atoms with Gasteiger partial charge in [0.15, 0.2) is 11.6 Å². The predicted molar refractivity (Wildman–Crippen MR) is 149 cm³/mol. The van der Waals surface area contributed by atoms with E-state index in [1.807, 2.05) is 52.5 Å². The van der Waals surface area contributed by atoms with E-state index in [0.29, 0.717) is 0 Å². The maximum absolute atomic E-state index is 4.73. The lowest BCUT2D eigenvalue weighted by molar-refractivity contribution is 0.644. The number of hydrogen-bond donors (Lipinski definition) is 0. The molecule has 190 valence electrons. The zero-order valence-corrected chi connectivity index (χ0v) is 21.6. The van der Waals surface area contributed by atoms with Crippen LogP contribution in [0.15, 0.2) is 71.4 Å². The molecule has 0 aromatic carbocycles. The first kappa shape index (κ1) is 26.9. The Hall–Kier alpha value is -3.68. The Balaban J connectivity index is 1.82. The van der Waals surface area contributed by atoms with Crippen molar-refractivity contribution in [1.29, 1.82) is 0 Å². The van der Waals surface area contributed by atoms with Gasteiger partial charge in [0.2, 0.25) is 0 Å². The Morgan fingerprint density at radius 1 is 0.639 bits per heavy atom. The van der Waals surface area contributed by atoms with E-state index in [0.717, 1.165) is 61.8 Å². The van der Waals surface area contributed by atoms with Crippen molar-refractivity contribution in [3.63, 3.8) is 0 Å². The van der Waals surface area contributed by atoms with Crippen molar-refractivity contribution in [2.75, 3.05) is 23.1 Å². The molecule has 8 nitrogen and oxygen atoms in total. The van der Waals surface area contributed by atoms with Crippen LogP contribution in [0.2, 0.25) is 0 Å². The molecular formula is C28H38N8. The van der Waals surface area contributed by atoms with Crippen molar-refractivity contribution in [3.8, 4) is 0 Å². The molecule has 0 radical (unpaired) electrons. The monoisotopic (exact) mass is 486 g/mol. The Morgan fingerprint density at radius 3 is 1.56 bits per heavy atom. The zero-order chi connectivity index (χ0) is 25.3. The van der Waals surface area contributed by atoms with Gasteiger partial charge in [-0.15, -0.1) is 0 Å². The van der Waals surface area contributed by atoms with Gasteiger partial charge in [-0.05, 0) is 37.1 Å². The second-order valence-corrected chi connectivity index (χ2v) is 8.60. The highest BCUT2D eigenvalue weighted by Gasteiger charge is 2.12. The van der Waals surface area contributed by atoms with Crippen LogP contribution < -0.4 is 10.0 Å². The number of anilines is 2. The molecule has 0 spiro atoms. The summed E-state index contributed by atoms with van der Waals surface area (Å²) < 4.78 is 0. The maximum atomic E-state index is 4.73. The summed E-state index contributed by atoms with van der Waals surface area (Å²) in [5, 5.41) is 13.3. The van der Waals surface area contributed by atoms with Crippen LogP contribution in [0.25, 0.3) is 0 Å². The van der Waals surface area contributed by atoms with Gasteiger partial charge >= 0.3 is 0 Å². The molecule has 0 unspecified atom stereocenters. The molecule has 0 saturated heterocycles. The van der Waals surface area contributed by atoms with E-state index in [1.54, 1.807) is 31.2 Å². The highest BCUT2D eigenvalue weighted by atomic mass is 15.5. The fraction of sp³-hybridized carbons (Fsp3) is 0.429. The lowest BCUT2D eigenvalue weighted by Crippen LogP contribution is -2.23. The van der Waals surface area contributed by atoms with Crippen LogP contribution >= 0.6 is 0 Å². The average Bonchev–Trinajstić information content (AvgIpc) is 2.93. The third-order valence-electron chi connectivity index (χ3n) is 5.65. The van der Waals surface area contributed by atoms with Crippen LogP contribution in [-0.4, -0.2) is 45.5 Å². The van der Waals surface area contributed by atoms with Gasteiger partial charge in [0.25, 0.3) is 0 Å². The highest BCUT2D eigenvalue weighted by Crippen LogP contribution is 2.20. The molecule has 0 fully saturated rings. The van der Waals surface area contributed by atoms with Gasteiger partial charge in [-0.1, -0.05) is 64.5 Å².